The number of amides is 1. The van der Waals surface area contributed by atoms with Gasteiger partial charge in [0.2, 0.25) is 5.91 Å². The van der Waals surface area contributed by atoms with Crippen LogP contribution in [0.25, 0.3) is 11.1 Å². The summed E-state index contributed by atoms with van der Waals surface area (Å²) in [5.74, 6) is 2.49. The van der Waals surface area contributed by atoms with Crippen LogP contribution in [0.15, 0.2) is 42.5 Å². The Balaban J connectivity index is 1.75. The first-order valence-electron chi connectivity index (χ1n) is 8.89. The number of nitrogens with one attached hydrogen (secondary N) is 1. The molecule has 134 valence electrons. The molecule has 0 spiro atoms. The van der Waals surface area contributed by atoms with Crippen molar-refractivity contribution < 1.29 is 4.79 Å². The van der Waals surface area contributed by atoms with Gasteiger partial charge in [-0.15, -0.1) is 6.42 Å². The van der Waals surface area contributed by atoms with Crippen molar-refractivity contribution in [3.8, 4) is 23.5 Å². The Morgan fingerprint density at radius 1 is 1.31 bits per heavy atom. The number of hydrogen-bond donors (Lipinski definition) is 1. The van der Waals surface area contributed by atoms with Gasteiger partial charge in [-0.3, -0.25) is 9.69 Å². The van der Waals surface area contributed by atoms with Crippen LogP contribution in [0.2, 0.25) is 5.02 Å². The highest BCUT2D eigenvalue weighted by Crippen LogP contribution is 2.27. The average molecular weight is 367 g/mol. The number of carbonyl (C=O) groups is 1. The molecule has 1 amide bonds. The van der Waals surface area contributed by atoms with E-state index in [-0.39, 0.29) is 18.5 Å². The van der Waals surface area contributed by atoms with Crippen molar-refractivity contribution in [2.24, 2.45) is 0 Å². The summed E-state index contributed by atoms with van der Waals surface area (Å²) in [4.78, 5) is 14.5. The van der Waals surface area contributed by atoms with Crippen molar-refractivity contribution in [3.63, 3.8) is 0 Å². The van der Waals surface area contributed by atoms with Gasteiger partial charge in [-0.25, -0.2) is 0 Å². The summed E-state index contributed by atoms with van der Waals surface area (Å²) in [6, 6.07) is 14.5. The van der Waals surface area contributed by atoms with Crippen molar-refractivity contribution in [1.82, 2.24) is 10.2 Å². The molecule has 1 atom stereocenters. The molecule has 0 aliphatic carbocycles. The Kier molecular flexibility index (Phi) is 5.98. The monoisotopic (exact) mass is 366 g/mol. The zero-order valence-corrected chi connectivity index (χ0v) is 15.7. The second kappa shape index (κ2) is 8.40. The topological polar surface area (TPSA) is 32.3 Å². The zero-order chi connectivity index (χ0) is 18.5. The molecule has 1 heterocycles. The van der Waals surface area contributed by atoms with Crippen molar-refractivity contribution in [3.05, 3.63) is 58.6 Å². The lowest BCUT2D eigenvalue weighted by Crippen LogP contribution is -2.42. The average Bonchev–Trinajstić information content (AvgIpc) is 3.10. The van der Waals surface area contributed by atoms with E-state index in [1.54, 1.807) is 0 Å². The van der Waals surface area contributed by atoms with E-state index >= 15 is 0 Å². The van der Waals surface area contributed by atoms with E-state index in [0.29, 0.717) is 0 Å². The van der Waals surface area contributed by atoms with E-state index in [1.165, 1.54) is 5.56 Å². The third-order valence-electron chi connectivity index (χ3n) is 4.85. The first-order chi connectivity index (χ1) is 12.6. The molecule has 3 nitrogen and oxygen atoms in total. The number of halogens is 1. The predicted octanol–water partition coefficient (Wildman–Crippen LogP) is 4.03. The highest BCUT2D eigenvalue weighted by Gasteiger charge is 2.30. The Morgan fingerprint density at radius 3 is 2.88 bits per heavy atom. The van der Waals surface area contributed by atoms with Crippen LogP contribution in [0, 0.1) is 19.3 Å². The standard InChI is InChI=1S/C22H23ClN2O/c1-3-11-24-22(26)21-8-5-12-25(21)15-17-6-4-7-18(13-17)19-10-9-16(2)20(23)14-19/h1,4,6-7,9-10,13-14,21H,5,8,11-12,15H2,2H3,(H,24,26). The summed E-state index contributed by atoms with van der Waals surface area (Å²) >= 11 is 6.27. The van der Waals surface area contributed by atoms with Crippen LogP contribution in [0.4, 0.5) is 0 Å². The van der Waals surface area contributed by atoms with Crippen LogP contribution in [0.5, 0.6) is 0 Å². The van der Waals surface area contributed by atoms with E-state index in [4.69, 9.17) is 18.0 Å². The van der Waals surface area contributed by atoms with Crippen molar-refractivity contribution in [2.75, 3.05) is 13.1 Å². The SMILES string of the molecule is C#CCNC(=O)C1CCCN1Cc1cccc(-c2ccc(C)c(Cl)c2)c1. The maximum Gasteiger partial charge on any atom is 0.238 e. The largest absolute Gasteiger partial charge is 0.344 e. The van der Waals surface area contributed by atoms with Crippen LogP contribution in [-0.4, -0.2) is 29.9 Å². The summed E-state index contributed by atoms with van der Waals surface area (Å²) < 4.78 is 0. The fourth-order valence-electron chi connectivity index (χ4n) is 3.42. The number of likely N-dealkylation sites (tertiary alicyclic amines) is 1. The van der Waals surface area contributed by atoms with E-state index in [9.17, 15) is 4.79 Å². The minimum Gasteiger partial charge on any atom is -0.344 e. The third kappa shape index (κ3) is 4.27. The van der Waals surface area contributed by atoms with E-state index in [1.807, 2.05) is 19.1 Å². The lowest BCUT2D eigenvalue weighted by molar-refractivity contribution is -0.125. The Hall–Kier alpha value is -2.28. The fourth-order valence-corrected chi connectivity index (χ4v) is 3.60. The van der Waals surface area contributed by atoms with Crippen LogP contribution in [0.3, 0.4) is 0 Å². The molecule has 2 aromatic carbocycles. The summed E-state index contributed by atoms with van der Waals surface area (Å²) in [5, 5.41) is 3.58. The van der Waals surface area contributed by atoms with Crippen molar-refractivity contribution in [1.29, 1.82) is 0 Å². The van der Waals surface area contributed by atoms with Crippen LogP contribution >= 0.6 is 11.6 Å². The van der Waals surface area contributed by atoms with Crippen molar-refractivity contribution in [2.45, 2.75) is 32.4 Å². The van der Waals surface area contributed by atoms with Gasteiger partial charge in [0.25, 0.3) is 0 Å². The molecule has 1 aliphatic heterocycles. The number of nitrogens with zero attached hydrogens (tertiary/aromatic N) is 1. The molecule has 26 heavy (non-hydrogen) atoms. The summed E-state index contributed by atoms with van der Waals surface area (Å²) in [5.41, 5.74) is 4.50. The number of aryl methyl sites for hydroxylation is 1. The van der Waals surface area contributed by atoms with E-state index in [2.05, 4.69) is 46.5 Å². The maximum absolute atomic E-state index is 12.3. The fraction of sp³-hybridized carbons (Fsp3) is 0.318. The van der Waals surface area contributed by atoms with Gasteiger partial charge < -0.3 is 5.32 Å². The smallest absolute Gasteiger partial charge is 0.238 e. The Bertz CT molecular complexity index is 840. The molecule has 1 aliphatic rings. The second-order valence-electron chi connectivity index (χ2n) is 6.71. The molecule has 0 saturated carbocycles. The lowest BCUT2D eigenvalue weighted by atomic mass is 10.0. The number of benzene rings is 2. The highest BCUT2D eigenvalue weighted by atomic mass is 35.5. The molecule has 1 unspecified atom stereocenters. The van der Waals surface area contributed by atoms with E-state index in [0.717, 1.165) is 47.6 Å². The first-order valence-corrected chi connectivity index (χ1v) is 9.27. The third-order valence-corrected chi connectivity index (χ3v) is 5.26. The molecule has 4 heteroatoms. The van der Waals surface area contributed by atoms with Crippen molar-refractivity contribution >= 4 is 17.5 Å². The summed E-state index contributed by atoms with van der Waals surface area (Å²) in [6.07, 6.45) is 7.15. The zero-order valence-electron chi connectivity index (χ0n) is 15.0. The lowest BCUT2D eigenvalue weighted by Gasteiger charge is -2.23. The van der Waals surface area contributed by atoms with Gasteiger partial charge in [-0.05, 0) is 60.7 Å². The quantitative estimate of drug-likeness (QED) is 0.810. The molecule has 0 aromatic heterocycles. The second-order valence-corrected chi connectivity index (χ2v) is 7.12. The molecular formula is C22H23ClN2O. The molecule has 3 rings (SSSR count). The Labute approximate surface area is 160 Å². The molecule has 2 aromatic rings. The maximum atomic E-state index is 12.3. The normalized spacial score (nSPS) is 17.0. The van der Waals surface area contributed by atoms with Gasteiger partial charge in [0.05, 0.1) is 12.6 Å². The predicted molar refractivity (Wildman–Crippen MR) is 107 cm³/mol. The van der Waals surface area contributed by atoms with Gasteiger partial charge in [0.15, 0.2) is 0 Å². The van der Waals surface area contributed by atoms with Crippen LogP contribution in [0.1, 0.15) is 24.0 Å². The molecular weight excluding hydrogens is 344 g/mol. The van der Waals surface area contributed by atoms with Gasteiger partial charge in [0.1, 0.15) is 0 Å². The van der Waals surface area contributed by atoms with Crippen LogP contribution in [-0.2, 0) is 11.3 Å². The highest BCUT2D eigenvalue weighted by molar-refractivity contribution is 6.31. The number of carbonyl (C=O) groups excluding carboxylic acids is 1. The number of terminal acetylenes is 1. The van der Waals surface area contributed by atoms with Crippen LogP contribution < -0.4 is 5.32 Å². The first kappa shape index (κ1) is 18.5. The Morgan fingerprint density at radius 2 is 2.12 bits per heavy atom. The molecule has 1 N–H and O–H groups in total. The molecule has 1 saturated heterocycles. The van der Waals surface area contributed by atoms with Gasteiger partial charge in [-0.1, -0.05) is 47.9 Å². The van der Waals surface area contributed by atoms with E-state index < -0.39 is 0 Å². The summed E-state index contributed by atoms with van der Waals surface area (Å²) in [7, 11) is 0. The minimum absolute atomic E-state index is 0.0296. The molecule has 0 bridgehead atoms. The minimum atomic E-state index is -0.0965. The number of hydrogen-bond acceptors (Lipinski definition) is 2. The summed E-state index contributed by atoms with van der Waals surface area (Å²) in [6.45, 7) is 3.96. The van der Waals surface area contributed by atoms with Gasteiger partial charge in [0, 0.05) is 11.6 Å². The van der Waals surface area contributed by atoms with Gasteiger partial charge >= 0.3 is 0 Å². The molecule has 0 radical (unpaired) electrons. The number of rotatable bonds is 5. The molecule has 1 fully saturated rings. The van der Waals surface area contributed by atoms with Gasteiger partial charge in [-0.2, -0.15) is 0 Å².